The second-order valence-corrected chi connectivity index (χ2v) is 5.34. The van der Waals surface area contributed by atoms with Crippen molar-refractivity contribution in [3.05, 3.63) is 29.8 Å². The van der Waals surface area contributed by atoms with Crippen molar-refractivity contribution >= 4 is 24.3 Å². The summed E-state index contributed by atoms with van der Waals surface area (Å²) in [6.45, 7) is 1.66. The number of ether oxygens (including phenoxy) is 2. The maximum absolute atomic E-state index is 12.0. The van der Waals surface area contributed by atoms with Crippen molar-refractivity contribution < 1.29 is 19.1 Å². The number of rotatable bonds is 7. The first-order chi connectivity index (χ1) is 10.7. The van der Waals surface area contributed by atoms with E-state index in [9.17, 15) is 9.59 Å². The number of para-hydroxylation sites is 1. The van der Waals surface area contributed by atoms with Gasteiger partial charge >= 0.3 is 5.97 Å². The van der Waals surface area contributed by atoms with Crippen LogP contribution in [0.3, 0.4) is 0 Å². The first-order valence-corrected chi connectivity index (χ1v) is 7.33. The minimum Gasteiger partial charge on any atom is -0.496 e. The number of halogens is 1. The summed E-state index contributed by atoms with van der Waals surface area (Å²) in [5, 5.41) is 5.89. The maximum Gasteiger partial charge on any atom is 0.310 e. The van der Waals surface area contributed by atoms with Gasteiger partial charge in [-0.15, -0.1) is 12.4 Å². The first kappa shape index (κ1) is 19.3. The number of carbonyl (C=O) groups is 2. The number of benzene rings is 1. The zero-order valence-electron chi connectivity index (χ0n) is 13.3. The van der Waals surface area contributed by atoms with Gasteiger partial charge in [0, 0.05) is 19.6 Å². The first-order valence-electron chi connectivity index (χ1n) is 7.33. The zero-order valence-corrected chi connectivity index (χ0v) is 14.2. The van der Waals surface area contributed by atoms with Crippen LogP contribution in [0.4, 0.5) is 0 Å². The van der Waals surface area contributed by atoms with Gasteiger partial charge in [-0.3, -0.25) is 9.59 Å². The number of amides is 1. The molecule has 1 aliphatic rings. The molecular weight excluding hydrogens is 320 g/mol. The van der Waals surface area contributed by atoms with Crippen molar-refractivity contribution in [2.45, 2.75) is 6.42 Å². The highest BCUT2D eigenvalue weighted by molar-refractivity contribution is 5.85. The lowest BCUT2D eigenvalue weighted by Gasteiger charge is -2.26. The highest BCUT2D eigenvalue weighted by Gasteiger charge is 2.27. The monoisotopic (exact) mass is 342 g/mol. The molecule has 0 saturated carbocycles. The van der Waals surface area contributed by atoms with E-state index < -0.39 is 5.92 Å². The molecule has 0 spiro atoms. The van der Waals surface area contributed by atoms with Gasteiger partial charge in [0.05, 0.1) is 26.1 Å². The van der Waals surface area contributed by atoms with Gasteiger partial charge in [-0.05, 0) is 18.1 Å². The van der Waals surface area contributed by atoms with E-state index in [1.807, 2.05) is 24.3 Å². The molecule has 1 heterocycles. The molecule has 128 valence electrons. The number of methoxy groups -OCH3 is 2. The molecular formula is C16H23ClN2O4. The lowest BCUT2D eigenvalue weighted by atomic mass is 9.97. The molecule has 7 heteroatoms. The lowest BCUT2D eigenvalue weighted by Crippen LogP contribution is -2.51. The van der Waals surface area contributed by atoms with Crippen LogP contribution in [0.25, 0.3) is 0 Å². The van der Waals surface area contributed by atoms with E-state index in [2.05, 4.69) is 10.6 Å². The fraction of sp³-hybridized carbons (Fsp3) is 0.500. The van der Waals surface area contributed by atoms with E-state index in [1.54, 1.807) is 7.11 Å². The van der Waals surface area contributed by atoms with E-state index in [-0.39, 0.29) is 36.7 Å². The van der Waals surface area contributed by atoms with Gasteiger partial charge in [0.15, 0.2) is 0 Å². The van der Waals surface area contributed by atoms with Crippen LogP contribution in [0, 0.1) is 11.8 Å². The third-order valence-electron chi connectivity index (χ3n) is 3.87. The predicted octanol–water partition coefficient (Wildman–Crippen LogP) is 0.784. The van der Waals surface area contributed by atoms with Crippen molar-refractivity contribution in [3.8, 4) is 5.75 Å². The third-order valence-corrected chi connectivity index (χ3v) is 3.87. The van der Waals surface area contributed by atoms with Gasteiger partial charge in [0.25, 0.3) is 0 Å². The quantitative estimate of drug-likeness (QED) is 0.716. The second kappa shape index (κ2) is 9.37. The summed E-state index contributed by atoms with van der Waals surface area (Å²) in [6, 6.07) is 7.53. The van der Waals surface area contributed by atoms with E-state index in [1.165, 1.54) is 7.11 Å². The van der Waals surface area contributed by atoms with Crippen molar-refractivity contribution in [3.63, 3.8) is 0 Å². The molecule has 1 aliphatic heterocycles. The van der Waals surface area contributed by atoms with E-state index >= 15 is 0 Å². The summed E-state index contributed by atoms with van der Waals surface area (Å²) in [5.74, 6) is -0.0561. The van der Waals surface area contributed by atoms with E-state index in [0.29, 0.717) is 19.5 Å². The van der Waals surface area contributed by atoms with Gasteiger partial charge in [-0.1, -0.05) is 18.2 Å². The van der Waals surface area contributed by atoms with Gasteiger partial charge in [-0.2, -0.15) is 0 Å². The van der Waals surface area contributed by atoms with Crippen LogP contribution in [-0.2, 0) is 20.7 Å². The molecule has 1 amide bonds. The van der Waals surface area contributed by atoms with Crippen molar-refractivity contribution in [2.24, 2.45) is 11.8 Å². The van der Waals surface area contributed by atoms with Crippen LogP contribution < -0.4 is 15.4 Å². The van der Waals surface area contributed by atoms with Crippen LogP contribution in [0.2, 0.25) is 0 Å². The number of carbonyl (C=O) groups excluding carboxylic acids is 2. The molecule has 0 aliphatic carbocycles. The molecule has 2 N–H and O–H groups in total. The van der Waals surface area contributed by atoms with Gasteiger partial charge in [0.1, 0.15) is 5.75 Å². The Bertz CT molecular complexity index is 535. The molecule has 1 saturated heterocycles. The number of hydrogen-bond acceptors (Lipinski definition) is 5. The summed E-state index contributed by atoms with van der Waals surface area (Å²) >= 11 is 0. The molecule has 0 aromatic heterocycles. The molecule has 23 heavy (non-hydrogen) atoms. The van der Waals surface area contributed by atoms with Gasteiger partial charge in [-0.25, -0.2) is 0 Å². The molecule has 1 atom stereocenters. The average molecular weight is 343 g/mol. The van der Waals surface area contributed by atoms with Crippen LogP contribution >= 0.6 is 12.4 Å². The van der Waals surface area contributed by atoms with E-state index in [0.717, 1.165) is 11.3 Å². The Kier molecular flexibility index (Phi) is 7.85. The summed E-state index contributed by atoms with van der Waals surface area (Å²) in [5.41, 5.74) is 0.917. The van der Waals surface area contributed by atoms with Crippen LogP contribution in [-0.4, -0.2) is 45.7 Å². The molecule has 0 radical (unpaired) electrons. The second-order valence-electron chi connectivity index (χ2n) is 5.34. The highest BCUT2D eigenvalue weighted by atomic mass is 35.5. The van der Waals surface area contributed by atoms with E-state index in [4.69, 9.17) is 9.47 Å². The molecule has 1 aromatic rings. The number of hydrogen-bond donors (Lipinski definition) is 2. The standard InChI is InChI=1S/C16H22N2O4.ClH/c1-21-14-6-4-3-5-11(14)7-12(16(20)22-2)10-18-15(19)13-8-17-9-13;/h3-6,12-13,17H,7-10H2,1-2H3,(H,18,19);1H. The van der Waals surface area contributed by atoms with Gasteiger partial charge < -0.3 is 20.1 Å². The van der Waals surface area contributed by atoms with Gasteiger partial charge in [0.2, 0.25) is 5.91 Å². The van der Waals surface area contributed by atoms with Crippen molar-refractivity contribution in [2.75, 3.05) is 33.9 Å². The molecule has 1 fully saturated rings. The molecule has 1 unspecified atom stereocenters. The fourth-order valence-corrected chi connectivity index (χ4v) is 2.38. The zero-order chi connectivity index (χ0) is 15.9. The number of esters is 1. The smallest absolute Gasteiger partial charge is 0.310 e. The minimum absolute atomic E-state index is 0. The molecule has 6 nitrogen and oxygen atoms in total. The Morgan fingerprint density at radius 2 is 2.00 bits per heavy atom. The predicted molar refractivity (Wildman–Crippen MR) is 88.8 cm³/mol. The molecule has 0 bridgehead atoms. The van der Waals surface area contributed by atoms with Crippen molar-refractivity contribution in [1.29, 1.82) is 0 Å². The Morgan fingerprint density at radius 3 is 2.57 bits per heavy atom. The Morgan fingerprint density at radius 1 is 1.30 bits per heavy atom. The summed E-state index contributed by atoms with van der Waals surface area (Å²) in [7, 11) is 2.95. The molecule has 1 aromatic carbocycles. The van der Waals surface area contributed by atoms with Crippen LogP contribution in [0.15, 0.2) is 24.3 Å². The number of nitrogens with one attached hydrogen (secondary N) is 2. The molecule has 2 rings (SSSR count). The van der Waals surface area contributed by atoms with Crippen molar-refractivity contribution in [1.82, 2.24) is 10.6 Å². The lowest BCUT2D eigenvalue weighted by molar-refractivity contribution is -0.145. The minimum atomic E-state index is -0.432. The Balaban J connectivity index is 0.00000264. The fourth-order valence-electron chi connectivity index (χ4n) is 2.38. The summed E-state index contributed by atoms with van der Waals surface area (Å²) < 4.78 is 10.1. The SMILES string of the molecule is COC(=O)C(CNC(=O)C1CNC1)Cc1ccccc1OC.Cl. The largest absolute Gasteiger partial charge is 0.496 e. The van der Waals surface area contributed by atoms with Crippen LogP contribution in [0.5, 0.6) is 5.75 Å². The highest BCUT2D eigenvalue weighted by Crippen LogP contribution is 2.21. The third kappa shape index (κ3) is 5.11. The summed E-state index contributed by atoms with van der Waals surface area (Å²) in [6.07, 6.45) is 0.458. The Hall–Kier alpha value is -1.79. The van der Waals surface area contributed by atoms with Crippen LogP contribution in [0.1, 0.15) is 5.56 Å². The summed E-state index contributed by atoms with van der Waals surface area (Å²) in [4.78, 5) is 23.8. The normalized spacial score (nSPS) is 14.9. The maximum atomic E-state index is 12.0. The average Bonchev–Trinajstić information content (AvgIpc) is 2.49. The topological polar surface area (TPSA) is 76.7 Å². The Labute approximate surface area is 142 Å².